The summed E-state index contributed by atoms with van der Waals surface area (Å²) in [5.74, 6) is 0. The van der Waals surface area contributed by atoms with Crippen LogP contribution < -0.4 is 0 Å². The van der Waals surface area contributed by atoms with E-state index in [4.69, 9.17) is 0 Å². The van der Waals surface area contributed by atoms with Gasteiger partial charge in [-0.2, -0.15) is 0 Å². The Hall–Kier alpha value is -2.34. The second-order valence-corrected chi connectivity index (χ2v) is 4.93. The monoisotopic (exact) mass is 274 g/mol. The summed E-state index contributed by atoms with van der Waals surface area (Å²) >= 11 is 0. The average molecular weight is 274 g/mol. The molecule has 0 saturated heterocycles. The SMILES string of the molecule is C(=CC/C=C/CCc1ccccc1)/C=C\c1ccccc1. The van der Waals surface area contributed by atoms with Crippen molar-refractivity contribution in [1.82, 2.24) is 0 Å². The van der Waals surface area contributed by atoms with Gasteiger partial charge in [-0.05, 0) is 30.4 Å². The van der Waals surface area contributed by atoms with Crippen molar-refractivity contribution >= 4 is 6.08 Å². The van der Waals surface area contributed by atoms with E-state index in [2.05, 4.69) is 91.1 Å². The van der Waals surface area contributed by atoms with E-state index in [0.29, 0.717) is 0 Å². The van der Waals surface area contributed by atoms with Crippen molar-refractivity contribution in [3.05, 3.63) is 102 Å². The number of aryl methyl sites for hydroxylation is 1. The predicted octanol–water partition coefficient (Wildman–Crippen LogP) is 5.84. The van der Waals surface area contributed by atoms with Crippen LogP contribution in [0.15, 0.2) is 91.0 Å². The summed E-state index contributed by atoms with van der Waals surface area (Å²) in [4.78, 5) is 0. The summed E-state index contributed by atoms with van der Waals surface area (Å²) in [5.41, 5.74) is 2.64. The molecule has 0 N–H and O–H groups in total. The maximum Gasteiger partial charge on any atom is -0.0166 e. The molecule has 0 aliphatic heterocycles. The van der Waals surface area contributed by atoms with Gasteiger partial charge in [-0.3, -0.25) is 0 Å². The minimum absolute atomic E-state index is 0.994. The summed E-state index contributed by atoms with van der Waals surface area (Å²) in [6.45, 7) is 0. The molecule has 0 fully saturated rings. The molecule has 0 spiro atoms. The molecular formula is C21H22. The van der Waals surface area contributed by atoms with E-state index in [1.54, 1.807) is 0 Å². The van der Waals surface area contributed by atoms with E-state index in [-0.39, 0.29) is 0 Å². The highest BCUT2D eigenvalue weighted by molar-refractivity contribution is 5.50. The van der Waals surface area contributed by atoms with Gasteiger partial charge in [0.25, 0.3) is 0 Å². The third-order valence-corrected chi connectivity index (χ3v) is 3.22. The third kappa shape index (κ3) is 6.58. The maximum absolute atomic E-state index is 2.26. The molecule has 0 unspecified atom stereocenters. The van der Waals surface area contributed by atoms with Gasteiger partial charge < -0.3 is 0 Å². The first-order chi connectivity index (χ1) is 10.4. The minimum Gasteiger partial charge on any atom is -0.0879 e. The lowest BCUT2D eigenvalue weighted by Gasteiger charge is -1.95. The quantitative estimate of drug-likeness (QED) is 0.440. The number of hydrogen-bond acceptors (Lipinski definition) is 0. The summed E-state index contributed by atoms with van der Waals surface area (Å²) < 4.78 is 0. The smallest absolute Gasteiger partial charge is 0.0166 e. The highest BCUT2D eigenvalue weighted by Crippen LogP contribution is 2.03. The molecule has 106 valence electrons. The molecule has 0 radical (unpaired) electrons. The molecule has 0 atom stereocenters. The molecule has 0 heterocycles. The first-order valence-electron chi connectivity index (χ1n) is 7.52. The van der Waals surface area contributed by atoms with Crippen molar-refractivity contribution in [3.8, 4) is 0 Å². The topological polar surface area (TPSA) is 0 Å². The zero-order valence-corrected chi connectivity index (χ0v) is 12.4. The molecular weight excluding hydrogens is 252 g/mol. The molecule has 2 aromatic carbocycles. The largest absolute Gasteiger partial charge is 0.0879 e. The summed E-state index contributed by atoms with van der Waals surface area (Å²) in [7, 11) is 0. The van der Waals surface area contributed by atoms with Gasteiger partial charge in [-0.1, -0.05) is 97.1 Å². The molecule has 0 nitrogen and oxygen atoms in total. The zero-order chi connectivity index (χ0) is 14.6. The number of hydrogen-bond donors (Lipinski definition) is 0. The lowest BCUT2D eigenvalue weighted by atomic mass is 10.1. The van der Waals surface area contributed by atoms with E-state index in [0.717, 1.165) is 19.3 Å². The lowest BCUT2D eigenvalue weighted by molar-refractivity contribution is 0.996. The molecule has 2 rings (SSSR count). The zero-order valence-electron chi connectivity index (χ0n) is 12.4. The summed E-state index contributed by atoms with van der Waals surface area (Å²) in [6.07, 6.45) is 16.2. The summed E-state index contributed by atoms with van der Waals surface area (Å²) in [6, 6.07) is 21.0. The maximum atomic E-state index is 2.26. The van der Waals surface area contributed by atoms with Crippen LogP contribution in [0.1, 0.15) is 24.0 Å². The van der Waals surface area contributed by atoms with Crippen LogP contribution in [0, 0.1) is 0 Å². The van der Waals surface area contributed by atoms with Crippen LogP contribution in [0.3, 0.4) is 0 Å². The van der Waals surface area contributed by atoms with E-state index in [1.807, 2.05) is 6.07 Å². The second kappa shape index (κ2) is 9.55. The Morgan fingerprint density at radius 2 is 1.38 bits per heavy atom. The van der Waals surface area contributed by atoms with Gasteiger partial charge in [-0.15, -0.1) is 0 Å². The number of allylic oxidation sites excluding steroid dienone is 5. The molecule has 0 aromatic heterocycles. The normalized spacial score (nSPS) is 11.8. The second-order valence-electron chi connectivity index (χ2n) is 4.93. The average Bonchev–Trinajstić information content (AvgIpc) is 2.55. The standard InChI is InChI=1S/C21H22/c1(2-4-8-14-20-16-10-6-11-17-20)3-5-9-15-21-18-12-7-13-19-21/h2-8,10-14,16-19H,1,9,15H2/b4-2?,5-3+,14-8-. The Kier molecular flexibility index (Phi) is 6.84. The van der Waals surface area contributed by atoms with Crippen molar-refractivity contribution in [1.29, 1.82) is 0 Å². The van der Waals surface area contributed by atoms with Crippen LogP contribution in [0.5, 0.6) is 0 Å². The van der Waals surface area contributed by atoms with Crippen molar-refractivity contribution in [2.75, 3.05) is 0 Å². The molecule has 0 heteroatoms. The first kappa shape index (κ1) is 15.1. The summed E-state index contributed by atoms with van der Waals surface area (Å²) in [5, 5.41) is 0. The molecule has 0 aliphatic carbocycles. The Bertz CT molecular complexity index is 574. The Balaban J connectivity index is 1.61. The molecule has 0 bridgehead atoms. The van der Waals surface area contributed by atoms with Gasteiger partial charge in [0.15, 0.2) is 0 Å². The van der Waals surface area contributed by atoms with Crippen LogP contribution in [-0.4, -0.2) is 0 Å². The first-order valence-corrected chi connectivity index (χ1v) is 7.52. The fraction of sp³-hybridized carbons (Fsp3) is 0.143. The van der Waals surface area contributed by atoms with E-state index < -0.39 is 0 Å². The lowest BCUT2D eigenvalue weighted by Crippen LogP contribution is -1.80. The van der Waals surface area contributed by atoms with Gasteiger partial charge in [0.05, 0.1) is 0 Å². The van der Waals surface area contributed by atoms with Gasteiger partial charge >= 0.3 is 0 Å². The molecule has 21 heavy (non-hydrogen) atoms. The van der Waals surface area contributed by atoms with Crippen molar-refractivity contribution in [2.24, 2.45) is 0 Å². The highest BCUT2D eigenvalue weighted by atomic mass is 13.9. The van der Waals surface area contributed by atoms with Gasteiger partial charge in [0.1, 0.15) is 0 Å². The van der Waals surface area contributed by atoms with Crippen molar-refractivity contribution in [3.63, 3.8) is 0 Å². The van der Waals surface area contributed by atoms with Crippen LogP contribution in [-0.2, 0) is 6.42 Å². The van der Waals surface area contributed by atoms with Gasteiger partial charge in [0, 0.05) is 0 Å². The van der Waals surface area contributed by atoms with E-state index in [1.165, 1.54) is 11.1 Å². The molecule has 0 amide bonds. The predicted molar refractivity (Wildman–Crippen MR) is 93.1 cm³/mol. The number of rotatable bonds is 7. The molecule has 0 saturated carbocycles. The third-order valence-electron chi connectivity index (χ3n) is 3.22. The Morgan fingerprint density at radius 3 is 2.14 bits per heavy atom. The molecule has 2 aromatic rings. The minimum atomic E-state index is 0.994. The Labute approximate surface area is 128 Å². The van der Waals surface area contributed by atoms with Crippen LogP contribution in [0.4, 0.5) is 0 Å². The fourth-order valence-electron chi connectivity index (χ4n) is 2.08. The van der Waals surface area contributed by atoms with Crippen LogP contribution in [0.25, 0.3) is 6.08 Å². The van der Waals surface area contributed by atoms with Crippen LogP contribution in [0.2, 0.25) is 0 Å². The van der Waals surface area contributed by atoms with Crippen molar-refractivity contribution < 1.29 is 0 Å². The van der Waals surface area contributed by atoms with Crippen LogP contribution >= 0.6 is 0 Å². The highest BCUT2D eigenvalue weighted by Gasteiger charge is 1.87. The van der Waals surface area contributed by atoms with Gasteiger partial charge in [-0.25, -0.2) is 0 Å². The van der Waals surface area contributed by atoms with E-state index >= 15 is 0 Å². The number of benzene rings is 2. The van der Waals surface area contributed by atoms with E-state index in [9.17, 15) is 0 Å². The fourth-order valence-corrected chi connectivity index (χ4v) is 2.08. The van der Waals surface area contributed by atoms with Crippen molar-refractivity contribution in [2.45, 2.75) is 19.3 Å². The van der Waals surface area contributed by atoms with Gasteiger partial charge in [0.2, 0.25) is 0 Å². The molecule has 0 aliphatic rings. The Morgan fingerprint density at radius 1 is 0.667 bits per heavy atom.